The van der Waals surface area contributed by atoms with Gasteiger partial charge in [-0.05, 0) is 19.1 Å². The van der Waals surface area contributed by atoms with Crippen LogP contribution in [0.4, 0.5) is 5.69 Å². The molecule has 0 saturated carbocycles. The molecule has 2 saturated heterocycles. The highest BCUT2D eigenvalue weighted by Crippen LogP contribution is 2.27. The van der Waals surface area contributed by atoms with E-state index >= 15 is 0 Å². The summed E-state index contributed by atoms with van der Waals surface area (Å²) in [4.78, 5) is 52.6. The normalized spacial score (nSPS) is 20.3. The van der Waals surface area contributed by atoms with Crippen molar-refractivity contribution in [3.05, 3.63) is 29.3 Å². The van der Waals surface area contributed by atoms with Crippen molar-refractivity contribution < 1.29 is 28.7 Å². The summed E-state index contributed by atoms with van der Waals surface area (Å²) in [5.74, 6) is -0.977. The number of carbonyl (C=O) groups excluding carboxylic acids is 4. The van der Waals surface area contributed by atoms with Crippen LogP contribution >= 0.6 is 23.4 Å². The molecule has 3 atom stereocenters. The quantitative estimate of drug-likeness (QED) is 0.203. The third-order valence-electron chi connectivity index (χ3n) is 5.38. The zero-order valence-electron chi connectivity index (χ0n) is 19.1. The molecule has 3 rings (SSSR count). The lowest BCUT2D eigenvalue weighted by molar-refractivity contribution is -0.144. The molecule has 0 aliphatic carbocycles. The van der Waals surface area contributed by atoms with Gasteiger partial charge in [0.15, 0.2) is 12.2 Å². The lowest BCUT2D eigenvalue weighted by Gasteiger charge is -2.38. The van der Waals surface area contributed by atoms with E-state index in [1.807, 2.05) is 24.3 Å². The van der Waals surface area contributed by atoms with Crippen molar-refractivity contribution in [2.45, 2.75) is 32.1 Å². The molecule has 2 aliphatic heterocycles. The molecular weight excluding hydrogens is 484 g/mol. The second-order valence-corrected chi connectivity index (χ2v) is 9.24. The fourth-order valence-electron chi connectivity index (χ4n) is 3.57. The Hall–Kier alpha value is -2.50. The largest absolute Gasteiger partial charge is 0.464 e. The molecule has 0 aromatic heterocycles. The van der Waals surface area contributed by atoms with Crippen molar-refractivity contribution in [3.63, 3.8) is 0 Å². The number of carbonyl (C=O) groups is 4. The van der Waals surface area contributed by atoms with Gasteiger partial charge in [-0.1, -0.05) is 23.7 Å². The maximum atomic E-state index is 13.3. The van der Waals surface area contributed by atoms with Crippen LogP contribution in [0.15, 0.2) is 24.3 Å². The zero-order chi connectivity index (χ0) is 24.7. The molecular formula is C22H29ClN4O6S. The number of esters is 1. The third kappa shape index (κ3) is 7.00. The average Bonchev–Trinajstić information content (AvgIpc) is 3.62. The van der Waals surface area contributed by atoms with Crippen LogP contribution < -0.4 is 15.5 Å². The monoisotopic (exact) mass is 512 g/mol. The summed E-state index contributed by atoms with van der Waals surface area (Å²) in [6.07, 6.45) is -1.91. The number of nitrogens with one attached hydrogen (secondary N) is 2. The van der Waals surface area contributed by atoms with Gasteiger partial charge in [0, 0.05) is 38.9 Å². The molecule has 12 heteroatoms. The Kier molecular flexibility index (Phi) is 9.43. The lowest BCUT2D eigenvalue weighted by atomic mass is 10.2. The Morgan fingerprint density at radius 3 is 2.53 bits per heavy atom. The molecule has 0 bridgehead atoms. The smallest absolute Gasteiger partial charge is 0.338 e. The van der Waals surface area contributed by atoms with Crippen molar-refractivity contribution in [2.24, 2.45) is 0 Å². The van der Waals surface area contributed by atoms with E-state index in [-0.39, 0.29) is 24.2 Å². The summed E-state index contributed by atoms with van der Waals surface area (Å²) >= 11 is 7.62. The standard InChI is InChI=1S/C22H29ClN4O6S/c1-3-32-22(31)19-18(33-19)20(29)25-16(12-34-13-24-14(2)28)21(30)27-10-8-26(9-11-27)17-7-5-4-6-15(17)23/h4-7,16,18-19H,3,8-13H2,1-2H3,(H,24,28)(H,25,29)/t16-,18+,19+/m1/s1. The molecule has 1 aromatic carbocycles. The van der Waals surface area contributed by atoms with Crippen molar-refractivity contribution in [2.75, 3.05) is 49.3 Å². The van der Waals surface area contributed by atoms with Crippen LogP contribution in [0.2, 0.25) is 5.02 Å². The number of piperazine rings is 1. The summed E-state index contributed by atoms with van der Waals surface area (Å²) in [5, 5.41) is 6.02. The van der Waals surface area contributed by atoms with Gasteiger partial charge in [-0.3, -0.25) is 14.4 Å². The summed E-state index contributed by atoms with van der Waals surface area (Å²) in [5.41, 5.74) is 0.919. The first-order valence-electron chi connectivity index (χ1n) is 11.0. The molecule has 0 unspecified atom stereocenters. The van der Waals surface area contributed by atoms with Gasteiger partial charge in [0.1, 0.15) is 6.04 Å². The number of halogens is 1. The molecule has 0 radical (unpaired) electrons. The van der Waals surface area contributed by atoms with Crippen LogP contribution in [0.3, 0.4) is 0 Å². The van der Waals surface area contributed by atoms with E-state index in [0.29, 0.717) is 37.1 Å². The van der Waals surface area contributed by atoms with Crippen LogP contribution in [-0.4, -0.2) is 91.3 Å². The highest BCUT2D eigenvalue weighted by molar-refractivity contribution is 7.99. The van der Waals surface area contributed by atoms with Gasteiger partial charge in [-0.25, -0.2) is 4.79 Å². The van der Waals surface area contributed by atoms with Crippen LogP contribution in [0.1, 0.15) is 13.8 Å². The average molecular weight is 513 g/mol. The Bertz CT molecular complexity index is 911. The second-order valence-electron chi connectivity index (χ2n) is 7.80. The lowest BCUT2D eigenvalue weighted by Crippen LogP contribution is -2.56. The number of nitrogens with zero attached hydrogens (tertiary/aromatic N) is 2. The molecule has 2 fully saturated rings. The van der Waals surface area contributed by atoms with E-state index in [4.69, 9.17) is 21.1 Å². The first kappa shape index (κ1) is 26.1. The summed E-state index contributed by atoms with van der Waals surface area (Å²) < 4.78 is 10.0. The van der Waals surface area contributed by atoms with Crippen LogP contribution in [0.5, 0.6) is 0 Å². The minimum Gasteiger partial charge on any atom is -0.464 e. The number of amides is 3. The zero-order valence-corrected chi connectivity index (χ0v) is 20.7. The highest BCUT2D eigenvalue weighted by atomic mass is 35.5. The van der Waals surface area contributed by atoms with E-state index in [2.05, 4.69) is 15.5 Å². The Balaban J connectivity index is 1.58. The number of thioether (sulfide) groups is 1. The molecule has 2 heterocycles. The third-order valence-corrected chi connectivity index (χ3v) is 6.61. The van der Waals surface area contributed by atoms with Crippen LogP contribution in [0, 0.1) is 0 Å². The maximum absolute atomic E-state index is 13.3. The molecule has 34 heavy (non-hydrogen) atoms. The van der Waals surface area contributed by atoms with Gasteiger partial charge in [-0.2, -0.15) is 0 Å². The number of hydrogen-bond donors (Lipinski definition) is 2. The fraction of sp³-hybridized carbons (Fsp3) is 0.545. The predicted molar refractivity (Wildman–Crippen MR) is 129 cm³/mol. The van der Waals surface area contributed by atoms with E-state index in [1.54, 1.807) is 11.8 Å². The Morgan fingerprint density at radius 2 is 1.88 bits per heavy atom. The SMILES string of the molecule is CCOC(=O)[C@H]1O[C@@H]1C(=O)N[C@H](CSCNC(C)=O)C(=O)N1CCN(c2ccccc2Cl)CC1. The van der Waals surface area contributed by atoms with E-state index in [9.17, 15) is 19.2 Å². The van der Waals surface area contributed by atoms with Gasteiger partial charge in [0.05, 0.1) is 23.2 Å². The topological polar surface area (TPSA) is 121 Å². The van der Waals surface area contributed by atoms with Crippen molar-refractivity contribution in [3.8, 4) is 0 Å². The van der Waals surface area contributed by atoms with Gasteiger partial charge in [-0.15, -0.1) is 11.8 Å². The molecule has 2 aliphatic rings. The molecule has 0 spiro atoms. The number of para-hydroxylation sites is 1. The summed E-state index contributed by atoms with van der Waals surface area (Å²) in [6, 6.07) is 6.73. The van der Waals surface area contributed by atoms with Crippen LogP contribution in [-0.2, 0) is 28.7 Å². The Morgan fingerprint density at radius 1 is 1.18 bits per heavy atom. The fourth-order valence-corrected chi connectivity index (χ4v) is 4.71. The number of benzene rings is 1. The van der Waals surface area contributed by atoms with E-state index < -0.39 is 30.1 Å². The van der Waals surface area contributed by atoms with Crippen molar-refractivity contribution in [1.82, 2.24) is 15.5 Å². The van der Waals surface area contributed by atoms with Crippen LogP contribution in [0.25, 0.3) is 0 Å². The van der Waals surface area contributed by atoms with Gasteiger partial charge >= 0.3 is 5.97 Å². The van der Waals surface area contributed by atoms with Gasteiger partial charge in [0.2, 0.25) is 11.8 Å². The number of anilines is 1. The first-order valence-corrected chi connectivity index (χ1v) is 12.6. The number of hydrogen-bond acceptors (Lipinski definition) is 8. The number of rotatable bonds is 10. The van der Waals surface area contributed by atoms with Gasteiger partial charge in [0.25, 0.3) is 5.91 Å². The molecule has 2 N–H and O–H groups in total. The van der Waals surface area contributed by atoms with Crippen molar-refractivity contribution >= 4 is 52.7 Å². The molecule has 3 amide bonds. The minimum atomic E-state index is -0.966. The van der Waals surface area contributed by atoms with E-state index in [0.717, 1.165) is 5.69 Å². The van der Waals surface area contributed by atoms with Crippen molar-refractivity contribution in [1.29, 1.82) is 0 Å². The molecule has 10 nitrogen and oxygen atoms in total. The van der Waals surface area contributed by atoms with Gasteiger partial charge < -0.3 is 29.9 Å². The molecule has 186 valence electrons. The minimum absolute atomic E-state index is 0.182. The Labute approximate surface area is 207 Å². The highest BCUT2D eigenvalue weighted by Gasteiger charge is 2.52. The first-order chi connectivity index (χ1) is 16.3. The number of epoxide rings is 1. The predicted octanol–water partition coefficient (Wildman–Crippen LogP) is 0.631. The maximum Gasteiger partial charge on any atom is 0.338 e. The molecule has 1 aromatic rings. The number of ether oxygens (including phenoxy) is 2. The summed E-state index contributed by atoms with van der Waals surface area (Å²) in [7, 11) is 0. The summed E-state index contributed by atoms with van der Waals surface area (Å²) in [6.45, 7) is 5.41. The van der Waals surface area contributed by atoms with E-state index in [1.165, 1.54) is 18.7 Å². The second kappa shape index (κ2) is 12.3.